The van der Waals surface area contributed by atoms with Gasteiger partial charge in [-0.1, -0.05) is 6.42 Å². The minimum atomic E-state index is -0.0614. The van der Waals surface area contributed by atoms with Gasteiger partial charge in [0.2, 0.25) is 5.91 Å². The molecule has 5 nitrogen and oxygen atoms in total. The third kappa shape index (κ3) is 7.62. The van der Waals surface area contributed by atoms with Gasteiger partial charge in [-0.25, -0.2) is 0 Å². The molecule has 0 saturated heterocycles. The van der Waals surface area contributed by atoms with Crippen molar-refractivity contribution in [1.29, 1.82) is 0 Å². The van der Waals surface area contributed by atoms with Gasteiger partial charge >= 0.3 is 0 Å². The van der Waals surface area contributed by atoms with Crippen LogP contribution in [0.25, 0.3) is 0 Å². The number of carbonyl (C=O) groups is 1. The van der Waals surface area contributed by atoms with E-state index in [0.717, 1.165) is 32.4 Å². The molecule has 0 radical (unpaired) electrons. The molecular formula is C11H26N4O. The molecule has 1 amide bonds. The minimum absolute atomic E-state index is 0.0614. The van der Waals surface area contributed by atoms with E-state index in [1.807, 2.05) is 21.1 Å². The number of likely N-dealkylation sites (N-methyl/N-ethyl adjacent to an activating group) is 2. The van der Waals surface area contributed by atoms with Gasteiger partial charge in [0.25, 0.3) is 0 Å². The second kappa shape index (κ2) is 10.9. The first-order valence-electron chi connectivity index (χ1n) is 6.00. The van der Waals surface area contributed by atoms with Gasteiger partial charge in [-0.05, 0) is 40.5 Å². The number of carbonyl (C=O) groups excluding carboxylic acids is 1. The summed E-state index contributed by atoms with van der Waals surface area (Å²) in [5.74, 6) is 0.0993. The van der Waals surface area contributed by atoms with Crippen LogP contribution in [0.2, 0.25) is 0 Å². The maximum absolute atomic E-state index is 11.7. The largest absolute Gasteiger partial charge is 0.353 e. The number of unbranched alkanes of at least 4 members (excludes halogenated alkanes) is 1. The zero-order valence-corrected chi connectivity index (χ0v) is 10.7. The van der Waals surface area contributed by atoms with Crippen LogP contribution in [0.3, 0.4) is 0 Å². The summed E-state index contributed by atoms with van der Waals surface area (Å²) in [6.45, 7) is 2.50. The van der Waals surface area contributed by atoms with E-state index in [2.05, 4.69) is 21.3 Å². The van der Waals surface area contributed by atoms with Crippen LogP contribution in [0.5, 0.6) is 0 Å². The fourth-order valence-electron chi connectivity index (χ4n) is 1.49. The molecule has 5 heteroatoms. The maximum Gasteiger partial charge on any atom is 0.237 e. The maximum atomic E-state index is 11.7. The molecule has 0 fully saturated rings. The van der Waals surface area contributed by atoms with Crippen LogP contribution < -0.4 is 21.3 Å². The number of hydrogen-bond donors (Lipinski definition) is 4. The van der Waals surface area contributed by atoms with E-state index >= 15 is 0 Å². The fourth-order valence-corrected chi connectivity index (χ4v) is 1.49. The molecule has 0 rings (SSSR count). The molecule has 1 atom stereocenters. The Morgan fingerprint density at radius 2 is 1.69 bits per heavy atom. The Morgan fingerprint density at radius 3 is 2.25 bits per heavy atom. The van der Waals surface area contributed by atoms with Crippen molar-refractivity contribution >= 4 is 5.91 Å². The van der Waals surface area contributed by atoms with Crippen molar-refractivity contribution in [3.63, 3.8) is 0 Å². The third-order valence-corrected chi connectivity index (χ3v) is 2.51. The van der Waals surface area contributed by atoms with Gasteiger partial charge in [0.1, 0.15) is 0 Å². The van der Waals surface area contributed by atoms with E-state index in [4.69, 9.17) is 0 Å². The Labute approximate surface area is 98.7 Å². The Balaban J connectivity index is 3.65. The van der Waals surface area contributed by atoms with Crippen molar-refractivity contribution in [1.82, 2.24) is 21.3 Å². The summed E-state index contributed by atoms with van der Waals surface area (Å²) in [7, 11) is 5.65. The summed E-state index contributed by atoms with van der Waals surface area (Å²) in [6, 6.07) is -0.0614. The first-order valence-corrected chi connectivity index (χ1v) is 6.00. The van der Waals surface area contributed by atoms with Gasteiger partial charge in [0.15, 0.2) is 0 Å². The van der Waals surface area contributed by atoms with Gasteiger partial charge in [0.05, 0.1) is 6.04 Å². The van der Waals surface area contributed by atoms with Gasteiger partial charge in [0, 0.05) is 13.1 Å². The Kier molecular flexibility index (Phi) is 10.4. The number of hydrogen-bond acceptors (Lipinski definition) is 4. The monoisotopic (exact) mass is 230 g/mol. The third-order valence-electron chi connectivity index (χ3n) is 2.51. The van der Waals surface area contributed by atoms with Gasteiger partial charge in [-0.15, -0.1) is 0 Å². The summed E-state index contributed by atoms with van der Waals surface area (Å²) < 4.78 is 0. The SMILES string of the molecule is CNCCCC[C@H](NC)C(=O)NCCNC. The molecule has 0 heterocycles. The van der Waals surface area contributed by atoms with Crippen molar-refractivity contribution in [3.05, 3.63) is 0 Å². The fraction of sp³-hybridized carbons (Fsp3) is 0.909. The first-order chi connectivity index (χ1) is 7.76. The molecular weight excluding hydrogens is 204 g/mol. The second-order valence-electron chi connectivity index (χ2n) is 3.84. The van der Waals surface area contributed by atoms with Crippen molar-refractivity contribution in [2.24, 2.45) is 0 Å². The average molecular weight is 230 g/mol. The van der Waals surface area contributed by atoms with Crippen LogP contribution in [0.4, 0.5) is 0 Å². The molecule has 0 aliphatic heterocycles. The number of rotatable bonds is 10. The van der Waals surface area contributed by atoms with Crippen LogP contribution in [-0.4, -0.2) is 52.7 Å². The highest BCUT2D eigenvalue weighted by atomic mass is 16.2. The highest BCUT2D eigenvalue weighted by Gasteiger charge is 2.14. The molecule has 16 heavy (non-hydrogen) atoms. The van der Waals surface area contributed by atoms with E-state index in [1.54, 1.807) is 0 Å². The summed E-state index contributed by atoms with van der Waals surface area (Å²) in [4.78, 5) is 11.7. The number of nitrogens with one attached hydrogen (secondary N) is 4. The van der Waals surface area contributed by atoms with Crippen LogP contribution >= 0.6 is 0 Å². The van der Waals surface area contributed by atoms with Crippen molar-refractivity contribution in [3.8, 4) is 0 Å². The number of amides is 1. The summed E-state index contributed by atoms with van der Waals surface area (Å²) >= 11 is 0. The second-order valence-corrected chi connectivity index (χ2v) is 3.84. The van der Waals surface area contributed by atoms with Crippen molar-refractivity contribution < 1.29 is 4.79 Å². The van der Waals surface area contributed by atoms with Gasteiger partial charge in [-0.2, -0.15) is 0 Å². The molecule has 0 aromatic rings. The van der Waals surface area contributed by atoms with E-state index < -0.39 is 0 Å². The molecule has 0 spiro atoms. The van der Waals surface area contributed by atoms with E-state index in [1.165, 1.54) is 0 Å². The molecule has 0 aliphatic carbocycles. The summed E-state index contributed by atoms with van der Waals surface area (Å²) in [5.41, 5.74) is 0. The van der Waals surface area contributed by atoms with Crippen molar-refractivity contribution in [2.75, 3.05) is 40.8 Å². The quantitative estimate of drug-likeness (QED) is 0.375. The molecule has 4 N–H and O–H groups in total. The molecule has 0 aromatic heterocycles. The topological polar surface area (TPSA) is 65.2 Å². The van der Waals surface area contributed by atoms with Crippen LogP contribution in [0, 0.1) is 0 Å². The first kappa shape index (κ1) is 15.3. The Morgan fingerprint density at radius 1 is 1.00 bits per heavy atom. The predicted octanol–water partition coefficient (Wildman–Crippen LogP) is -0.700. The summed E-state index contributed by atoms with van der Waals surface area (Å²) in [6.07, 6.45) is 3.06. The minimum Gasteiger partial charge on any atom is -0.353 e. The standard InChI is InChI=1S/C11H26N4O/c1-12-7-5-4-6-10(14-3)11(16)15-9-8-13-2/h10,12-14H,4-9H2,1-3H3,(H,15,16)/t10-/m0/s1. The smallest absolute Gasteiger partial charge is 0.237 e. The molecule has 0 aliphatic rings. The predicted molar refractivity (Wildman–Crippen MR) is 67.6 cm³/mol. The lowest BCUT2D eigenvalue weighted by molar-refractivity contribution is -0.123. The van der Waals surface area contributed by atoms with Crippen molar-refractivity contribution in [2.45, 2.75) is 25.3 Å². The normalized spacial score (nSPS) is 12.4. The molecule has 0 unspecified atom stereocenters. The van der Waals surface area contributed by atoms with Gasteiger partial charge < -0.3 is 21.3 Å². The van der Waals surface area contributed by atoms with E-state index in [9.17, 15) is 4.79 Å². The van der Waals surface area contributed by atoms with E-state index in [0.29, 0.717) is 6.54 Å². The lowest BCUT2D eigenvalue weighted by Crippen LogP contribution is -2.44. The molecule has 0 aromatic carbocycles. The Bertz CT molecular complexity index is 175. The summed E-state index contributed by atoms with van der Waals surface area (Å²) in [5, 5.41) is 12.0. The van der Waals surface area contributed by atoms with Gasteiger partial charge in [-0.3, -0.25) is 4.79 Å². The van der Waals surface area contributed by atoms with E-state index in [-0.39, 0.29) is 11.9 Å². The lowest BCUT2D eigenvalue weighted by Gasteiger charge is -2.15. The average Bonchev–Trinajstić information content (AvgIpc) is 2.29. The zero-order chi connectivity index (χ0) is 12.2. The van der Waals surface area contributed by atoms with Crippen LogP contribution in [0.1, 0.15) is 19.3 Å². The van der Waals surface area contributed by atoms with Crippen LogP contribution in [-0.2, 0) is 4.79 Å². The highest BCUT2D eigenvalue weighted by Crippen LogP contribution is 2.00. The molecule has 0 bridgehead atoms. The van der Waals surface area contributed by atoms with Crippen LogP contribution in [0.15, 0.2) is 0 Å². The molecule has 0 saturated carbocycles. The highest BCUT2D eigenvalue weighted by molar-refractivity contribution is 5.81. The Hall–Kier alpha value is -0.650. The zero-order valence-electron chi connectivity index (χ0n) is 10.7. The lowest BCUT2D eigenvalue weighted by atomic mass is 10.1. The molecule has 96 valence electrons.